The van der Waals surface area contributed by atoms with Crippen LogP contribution in [0.3, 0.4) is 0 Å². The number of benzene rings is 4. The molecule has 1 heterocycles. The van der Waals surface area contributed by atoms with Gasteiger partial charge in [-0.05, 0) is 44.3 Å². The molecule has 0 radical (unpaired) electrons. The van der Waals surface area contributed by atoms with Crippen LogP contribution in [0.15, 0.2) is 109 Å². The normalized spacial score (nSPS) is 11.8. The van der Waals surface area contributed by atoms with Crippen LogP contribution in [-0.4, -0.2) is 38.7 Å². The summed E-state index contributed by atoms with van der Waals surface area (Å²) in [5.74, 6) is 1.85. The Morgan fingerprint density at radius 2 is 0.974 bits per heavy atom. The fourth-order valence-corrected chi connectivity index (χ4v) is 4.19. The average Bonchev–Trinajstić information content (AvgIpc) is 2.96. The van der Waals surface area contributed by atoms with Gasteiger partial charge in [0.05, 0.1) is 11.2 Å². The van der Waals surface area contributed by atoms with Crippen LogP contribution < -0.4 is 5.46 Å². The molecule has 0 bridgehead atoms. The molecule has 0 aliphatic rings. The number of rotatable bonds is 8. The summed E-state index contributed by atoms with van der Waals surface area (Å²) in [6, 6.07) is 36.3. The minimum atomic E-state index is -0.994. The van der Waals surface area contributed by atoms with E-state index in [1.807, 2.05) is 105 Å². The monoisotopic (exact) mass is 513 g/mol. The van der Waals surface area contributed by atoms with Crippen LogP contribution in [0.5, 0.6) is 0 Å². The maximum Gasteiger partial charge on any atom is 0.310 e. The minimum absolute atomic E-state index is 0.350. The van der Waals surface area contributed by atoms with Crippen LogP contribution in [-0.2, 0) is 4.65 Å². The lowest BCUT2D eigenvalue weighted by Crippen LogP contribution is -2.49. The zero-order valence-corrected chi connectivity index (χ0v) is 22.8. The highest BCUT2D eigenvalue weighted by atomic mass is 16.5. The molecule has 39 heavy (non-hydrogen) atoms. The molecule has 0 unspecified atom stereocenters. The Balaban J connectivity index is 1.63. The van der Waals surface area contributed by atoms with Gasteiger partial charge in [-0.25, -0.2) is 15.0 Å². The summed E-state index contributed by atoms with van der Waals surface area (Å²) in [5, 5.41) is 10.6. The second kappa shape index (κ2) is 10.9. The van der Waals surface area contributed by atoms with E-state index in [1.165, 1.54) is 0 Å². The van der Waals surface area contributed by atoms with Gasteiger partial charge in [0.15, 0.2) is 17.5 Å². The lowest BCUT2D eigenvalue weighted by molar-refractivity contribution is -0.0893. The molecule has 4 aromatic carbocycles. The highest BCUT2D eigenvalue weighted by Crippen LogP contribution is 2.32. The molecule has 6 heteroatoms. The Morgan fingerprint density at radius 3 is 1.51 bits per heavy atom. The lowest BCUT2D eigenvalue weighted by atomic mass is 9.78. The highest BCUT2D eigenvalue weighted by molar-refractivity contribution is 6.49. The molecule has 5 rings (SSSR count). The minimum Gasteiger partial charge on any atom is -0.427 e. The van der Waals surface area contributed by atoms with Gasteiger partial charge in [-0.15, -0.1) is 0 Å². The molecule has 1 aromatic heterocycles. The molecule has 5 nitrogen and oxygen atoms in total. The first-order valence-corrected chi connectivity index (χ1v) is 13.1. The number of nitrogens with zero attached hydrogens (tertiary/aromatic N) is 3. The fourth-order valence-electron chi connectivity index (χ4n) is 4.19. The van der Waals surface area contributed by atoms with Gasteiger partial charge in [0.25, 0.3) is 0 Å². The van der Waals surface area contributed by atoms with Crippen LogP contribution in [0.25, 0.3) is 45.3 Å². The topological polar surface area (TPSA) is 68.1 Å². The van der Waals surface area contributed by atoms with Gasteiger partial charge >= 0.3 is 7.48 Å². The molecular weight excluding hydrogens is 481 g/mol. The fraction of sp³-hybridized carbons (Fsp3) is 0.182. The van der Waals surface area contributed by atoms with E-state index in [2.05, 4.69) is 18.2 Å². The van der Waals surface area contributed by atoms with Crippen LogP contribution >= 0.6 is 0 Å². The Kier molecular flexibility index (Phi) is 7.42. The first kappa shape index (κ1) is 26.5. The van der Waals surface area contributed by atoms with E-state index in [0.29, 0.717) is 25.0 Å². The first-order chi connectivity index (χ1) is 18.7. The molecule has 0 atom stereocenters. The Bertz CT molecular complexity index is 1510. The van der Waals surface area contributed by atoms with Crippen LogP contribution in [0.4, 0.5) is 0 Å². The van der Waals surface area contributed by atoms with Crippen LogP contribution in [0.1, 0.15) is 27.7 Å². The molecule has 5 aromatic rings. The van der Waals surface area contributed by atoms with Crippen molar-refractivity contribution >= 4 is 12.9 Å². The van der Waals surface area contributed by atoms with Crippen molar-refractivity contribution in [3.8, 4) is 45.3 Å². The number of hydrogen-bond acceptors (Lipinski definition) is 5. The zero-order chi connectivity index (χ0) is 27.5. The van der Waals surface area contributed by atoms with E-state index in [0.717, 1.165) is 33.3 Å². The van der Waals surface area contributed by atoms with Crippen molar-refractivity contribution in [2.24, 2.45) is 0 Å². The molecule has 0 aliphatic carbocycles. The second-order valence-electron chi connectivity index (χ2n) is 10.6. The summed E-state index contributed by atoms with van der Waals surface area (Å²) in [6.07, 6.45) is 0. The van der Waals surface area contributed by atoms with E-state index in [4.69, 9.17) is 19.6 Å². The molecule has 194 valence electrons. The SMILES string of the molecule is CC(C)(O)C(C)(C)OBc1ccccc1-c1ccccc1-c1nc(-c2ccccc2)nc(-c2ccccc2)n1. The maximum atomic E-state index is 10.6. The van der Waals surface area contributed by atoms with Crippen LogP contribution in [0, 0.1) is 0 Å². The lowest BCUT2D eigenvalue weighted by Gasteiger charge is -2.37. The largest absolute Gasteiger partial charge is 0.427 e. The maximum absolute atomic E-state index is 10.6. The van der Waals surface area contributed by atoms with E-state index >= 15 is 0 Å². The van der Waals surface area contributed by atoms with E-state index in [9.17, 15) is 5.11 Å². The molecule has 0 fully saturated rings. The van der Waals surface area contributed by atoms with Gasteiger partial charge in [-0.3, -0.25) is 0 Å². The summed E-state index contributed by atoms with van der Waals surface area (Å²) < 4.78 is 6.25. The number of aliphatic hydroxyl groups is 1. The van der Waals surface area contributed by atoms with Crippen molar-refractivity contribution in [1.29, 1.82) is 0 Å². The second-order valence-corrected chi connectivity index (χ2v) is 10.6. The van der Waals surface area contributed by atoms with Gasteiger partial charge in [0, 0.05) is 16.7 Å². The smallest absolute Gasteiger partial charge is 0.310 e. The van der Waals surface area contributed by atoms with Gasteiger partial charge in [-0.2, -0.15) is 0 Å². The third kappa shape index (κ3) is 5.82. The van der Waals surface area contributed by atoms with Crippen molar-refractivity contribution in [3.63, 3.8) is 0 Å². The molecule has 0 saturated heterocycles. The standard InChI is InChI=1S/C33H32BN3O2/c1-32(2,38)33(3,4)39-34-28-22-14-13-20-26(28)25-19-11-12-21-27(25)31-36-29(23-15-7-5-8-16-23)35-30(37-31)24-17-9-6-10-18-24/h5-22,34,38H,1-4H3. The molecular formula is C33H32BN3O2. The summed E-state index contributed by atoms with van der Waals surface area (Å²) in [7, 11) is 0.350. The molecule has 0 aliphatic heterocycles. The first-order valence-electron chi connectivity index (χ1n) is 13.1. The van der Waals surface area contributed by atoms with Gasteiger partial charge in [0.1, 0.15) is 0 Å². The van der Waals surface area contributed by atoms with Crippen molar-refractivity contribution in [2.45, 2.75) is 38.9 Å². The third-order valence-corrected chi connectivity index (χ3v) is 7.24. The van der Waals surface area contributed by atoms with Gasteiger partial charge in [-0.1, -0.05) is 109 Å². The van der Waals surface area contributed by atoms with Crippen molar-refractivity contribution < 1.29 is 9.76 Å². The van der Waals surface area contributed by atoms with Crippen molar-refractivity contribution in [3.05, 3.63) is 109 Å². The van der Waals surface area contributed by atoms with E-state index in [-0.39, 0.29) is 0 Å². The Labute approximate surface area is 230 Å². The highest BCUT2D eigenvalue weighted by Gasteiger charge is 2.35. The molecule has 0 amide bonds. The van der Waals surface area contributed by atoms with Crippen molar-refractivity contribution in [2.75, 3.05) is 0 Å². The van der Waals surface area contributed by atoms with Gasteiger partial charge in [0.2, 0.25) is 0 Å². The summed E-state index contributed by atoms with van der Waals surface area (Å²) in [5.41, 5.74) is 4.09. The summed E-state index contributed by atoms with van der Waals surface area (Å²) >= 11 is 0. The predicted molar refractivity (Wildman–Crippen MR) is 160 cm³/mol. The quantitative estimate of drug-likeness (QED) is 0.255. The Hall–Kier alpha value is -4.13. The van der Waals surface area contributed by atoms with Gasteiger partial charge < -0.3 is 9.76 Å². The third-order valence-electron chi connectivity index (χ3n) is 7.24. The number of aromatic nitrogens is 3. The van der Waals surface area contributed by atoms with E-state index < -0.39 is 11.2 Å². The summed E-state index contributed by atoms with van der Waals surface area (Å²) in [6.45, 7) is 7.35. The molecule has 0 saturated carbocycles. The van der Waals surface area contributed by atoms with E-state index in [1.54, 1.807) is 13.8 Å². The zero-order valence-electron chi connectivity index (χ0n) is 22.8. The molecule has 0 spiro atoms. The Morgan fingerprint density at radius 1 is 0.538 bits per heavy atom. The molecule has 1 N–H and O–H groups in total. The predicted octanol–water partition coefficient (Wildman–Crippen LogP) is 6.08. The van der Waals surface area contributed by atoms with Crippen molar-refractivity contribution in [1.82, 2.24) is 15.0 Å². The summed E-state index contributed by atoms with van der Waals surface area (Å²) in [4.78, 5) is 14.7. The average molecular weight is 513 g/mol. The van der Waals surface area contributed by atoms with Crippen LogP contribution in [0.2, 0.25) is 0 Å². The number of hydrogen-bond donors (Lipinski definition) is 1.